The number of hydrogen-bond acceptors (Lipinski definition) is 3. The number of carbonyl (C=O) groups excluding carboxylic acids is 1. The molecule has 7 heteroatoms. The SMILES string of the molecule is O=C(/C=C/c1ccc([N+](=O)[O-])cc1)Nc1ccc(F)cc1F. The van der Waals surface area contributed by atoms with Crippen LogP contribution in [-0.2, 0) is 4.79 Å². The number of non-ortho nitro benzene ring substituents is 1. The van der Waals surface area contributed by atoms with E-state index >= 15 is 0 Å². The van der Waals surface area contributed by atoms with Crippen LogP contribution in [0.3, 0.4) is 0 Å². The zero-order valence-corrected chi connectivity index (χ0v) is 11.1. The van der Waals surface area contributed by atoms with Gasteiger partial charge in [-0.2, -0.15) is 0 Å². The molecule has 5 nitrogen and oxygen atoms in total. The molecule has 112 valence electrons. The highest BCUT2D eigenvalue weighted by molar-refractivity contribution is 6.01. The van der Waals surface area contributed by atoms with Gasteiger partial charge in [0, 0.05) is 24.3 Å². The van der Waals surface area contributed by atoms with Gasteiger partial charge in [0.2, 0.25) is 5.91 Å². The van der Waals surface area contributed by atoms with Gasteiger partial charge in [0.05, 0.1) is 10.6 Å². The van der Waals surface area contributed by atoms with E-state index in [1.54, 1.807) is 0 Å². The van der Waals surface area contributed by atoms with Crippen molar-refractivity contribution in [3.63, 3.8) is 0 Å². The van der Waals surface area contributed by atoms with Gasteiger partial charge in [0.25, 0.3) is 5.69 Å². The topological polar surface area (TPSA) is 72.2 Å². The minimum absolute atomic E-state index is 0.0602. The first-order valence-electron chi connectivity index (χ1n) is 6.14. The van der Waals surface area contributed by atoms with Crippen LogP contribution in [0.4, 0.5) is 20.2 Å². The van der Waals surface area contributed by atoms with Crippen molar-refractivity contribution in [2.24, 2.45) is 0 Å². The van der Waals surface area contributed by atoms with Crippen LogP contribution in [0.2, 0.25) is 0 Å². The maximum atomic E-state index is 13.4. The van der Waals surface area contributed by atoms with Crippen LogP contribution < -0.4 is 5.32 Å². The summed E-state index contributed by atoms with van der Waals surface area (Å²) in [5.41, 5.74) is 0.370. The summed E-state index contributed by atoms with van der Waals surface area (Å²) in [6, 6.07) is 8.35. The second kappa shape index (κ2) is 6.57. The third-order valence-electron chi connectivity index (χ3n) is 2.72. The van der Waals surface area contributed by atoms with Crippen molar-refractivity contribution in [3.05, 3.63) is 75.9 Å². The molecule has 2 rings (SSSR count). The van der Waals surface area contributed by atoms with E-state index in [1.165, 1.54) is 30.3 Å². The second-order valence-electron chi connectivity index (χ2n) is 4.30. The quantitative estimate of drug-likeness (QED) is 0.533. The zero-order valence-electron chi connectivity index (χ0n) is 11.1. The van der Waals surface area contributed by atoms with Crippen LogP contribution in [0, 0.1) is 21.7 Å². The predicted octanol–water partition coefficient (Wildman–Crippen LogP) is 3.52. The van der Waals surface area contributed by atoms with E-state index in [9.17, 15) is 23.7 Å². The van der Waals surface area contributed by atoms with Gasteiger partial charge in [-0.15, -0.1) is 0 Å². The number of halogens is 2. The van der Waals surface area contributed by atoms with Crippen LogP contribution >= 0.6 is 0 Å². The Morgan fingerprint density at radius 3 is 2.41 bits per heavy atom. The van der Waals surface area contributed by atoms with Crippen LogP contribution in [0.15, 0.2) is 48.5 Å². The van der Waals surface area contributed by atoms with Crippen molar-refractivity contribution < 1.29 is 18.5 Å². The lowest BCUT2D eigenvalue weighted by Crippen LogP contribution is -2.09. The van der Waals surface area contributed by atoms with Crippen molar-refractivity contribution in [2.45, 2.75) is 0 Å². The van der Waals surface area contributed by atoms with Crippen LogP contribution in [0.5, 0.6) is 0 Å². The van der Waals surface area contributed by atoms with E-state index < -0.39 is 22.5 Å². The Morgan fingerprint density at radius 1 is 1.14 bits per heavy atom. The average molecular weight is 304 g/mol. The van der Waals surface area contributed by atoms with E-state index in [-0.39, 0.29) is 11.4 Å². The fourth-order valence-corrected chi connectivity index (χ4v) is 1.64. The van der Waals surface area contributed by atoms with Crippen molar-refractivity contribution >= 4 is 23.4 Å². The fraction of sp³-hybridized carbons (Fsp3) is 0. The minimum atomic E-state index is -0.878. The molecule has 0 bridgehead atoms. The third-order valence-corrected chi connectivity index (χ3v) is 2.72. The van der Waals surface area contributed by atoms with E-state index in [1.807, 2.05) is 0 Å². The molecule has 0 fully saturated rings. The lowest BCUT2D eigenvalue weighted by atomic mass is 10.2. The summed E-state index contributed by atoms with van der Waals surface area (Å²) in [6.45, 7) is 0. The minimum Gasteiger partial charge on any atom is -0.320 e. The summed E-state index contributed by atoms with van der Waals surface area (Å²) in [4.78, 5) is 21.6. The van der Waals surface area contributed by atoms with Gasteiger partial charge in [-0.25, -0.2) is 8.78 Å². The normalized spacial score (nSPS) is 10.6. The van der Waals surface area contributed by atoms with E-state index in [0.29, 0.717) is 11.6 Å². The first-order valence-corrected chi connectivity index (χ1v) is 6.14. The van der Waals surface area contributed by atoms with Crippen LogP contribution in [0.25, 0.3) is 6.08 Å². The number of rotatable bonds is 4. The molecule has 22 heavy (non-hydrogen) atoms. The number of nitro benzene ring substituents is 1. The number of amides is 1. The van der Waals surface area contributed by atoms with Crippen LogP contribution in [-0.4, -0.2) is 10.8 Å². The van der Waals surface area contributed by atoms with Gasteiger partial charge < -0.3 is 5.32 Å². The molecule has 0 aliphatic carbocycles. The summed E-state index contributed by atoms with van der Waals surface area (Å²) in [5.74, 6) is -2.22. The van der Waals surface area contributed by atoms with Gasteiger partial charge in [-0.05, 0) is 35.9 Å². The Balaban J connectivity index is 2.03. The molecule has 0 unspecified atom stereocenters. The van der Waals surface area contributed by atoms with E-state index in [4.69, 9.17) is 0 Å². The lowest BCUT2D eigenvalue weighted by Gasteiger charge is -2.03. The zero-order chi connectivity index (χ0) is 16.1. The molecule has 1 N–H and O–H groups in total. The molecule has 0 aromatic heterocycles. The van der Waals surface area contributed by atoms with E-state index in [2.05, 4.69) is 5.32 Å². The predicted molar refractivity (Wildman–Crippen MR) is 77.1 cm³/mol. The average Bonchev–Trinajstić information content (AvgIpc) is 2.48. The van der Waals surface area contributed by atoms with Crippen molar-refractivity contribution in [2.75, 3.05) is 5.32 Å². The highest BCUT2D eigenvalue weighted by Gasteiger charge is 2.06. The fourth-order valence-electron chi connectivity index (χ4n) is 1.64. The van der Waals surface area contributed by atoms with Crippen molar-refractivity contribution in [1.82, 2.24) is 0 Å². The number of hydrogen-bond donors (Lipinski definition) is 1. The molecule has 0 radical (unpaired) electrons. The molecule has 2 aromatic rings. The number of nitrogens with one attached hydrogen (secondary N) is 1. The number of nitrogens with zero attached hydrogens (tertiary/aromatic N) is 1. The molecule has 2 aromatic carbocycles. The Hall–Kier alpha value is -3.09. The van der Waals surface area contributed by atoms with Gasteiger partial charge in [-0.3, -0.25) is 14.9 Å². The summed E-state index contributed by atoms with van der Waals surface area (Å²) >= 11 is 0. The molecule has 0 aliphatic rings. The summed E-state index contributed by atoms with van der Waals surface area (Å²) < 4.78 is 26.1. The molecular formula is C15H10F2N2O3. The summed E-state index contributed by atoms with van der Waals surface area (Å²) in [7, 11) is 0. The second-order valence-corrected chi connectivity index (χ2v) is 4.30. The molecule has 0 aliphatic heterocycles. The molecule has 0 atom stereocenters. The monoisotopic (exact) mass is 304 g/mol. The number of benzene rings is 2. The van der Waals surface area contributed by atoms with Gasteiger partial charge in [0.15, 0.2) is 0 Å². The molecular weight excluding hydrogens is 294 g/mol. The number of carbonyl (C=O) groups is 1. The molecule has 1 amide bonds. The first kappa shape index (κ1) is 15.3. The number of anilines is 1. The largest absolute Gasteiger partial charge is 0.320 e. The standard InChI is InChI=1S/C15H10F2N2O3/c16-11-4-7-14(13(17)9-11)18-15(20)8-3-10-1-5-12(6-2-10)19(21)22/h1-9H,(H,18,20)/b8-3+. The highest BCUT2D eigenvalue weighted by Crippen LogP contribution is 2.15. The Morgan fingerprint density at radius 2 is 1.82 bits per heavy atom. The lowest BCUT2D eigenvalue weighted by molar-refractivity contribution is -0.384. The van der Waals surface area contributed by atoms with Crippen LogP contribution in [0.1, 0.15) is 5.56 Å². The van der Waals surface area contributed by atoms with Gasteiger partial charge >= 0.3 is 0 Å². The third kappa shape index (κ3) is 3.95. The summed E-state index contributed by atoms with van der Waals surface area (Å²) in [6.07, 6.45) is 2.56. The maximum absolute atomic E-state index is 13.4. The van der Waals surface area contributed by atoms with Gasteiger partial charge in [0.1, 0.15) is 11.6 Å². The van der Waals surface area contributed by atoms with Crippen molar-refractivity contribution in [1.29, 1.82) is 0 Å². The maximum Gasteiger partial charge on any atom is 0.269 e. The number of nitro groups is 1. The molecule has 0 spiro atoms. The Labute approximate surface area is 124 Å². The Bertz CT molecular complexity index is 743. The molecule has 0 saturated carbocycles. The Kier molecular flexibility index (Phi) is 4.57. The highest BCUT2D eigenvalue weighted by atomic mass is 19.1. The molecule has 0 heterocycles. The van der Waals surface area contributed by atoms with Crippen molar-refractivity contribution in [3.8, 4) is 0 Å². The first-order chi connectivity index (χ1) is 10.5. The van der Waals surface area contributed by atoms with Gasteiger partial charge in [-0.1, -0.05) is 0 Å². The summed E-state index contributed by atoms with van der Waals surface area (Å²) in [5, 5.41) is 12.8. The smallest absolute Gasteiger partial charge is 0.269 e. The molecule has 0 saturated heterocycles. The van der Waals surface area contributed by atoms with E-state index in [0.717, 1.165) is 18.2 Å².